The summed E-state index contributed by atoms with van der Waals surface area (Å²) in [6.07, 6.45) is 0. The molecule has 0 radical (unpaired) electrons. The Balaban J connectivity index is 2.37. The van der Waals surface area contributed by atoms with Gasteiger partial charge in [-0.3, -0.25) is 0 Å². The minimum atomic E-state index is -0.0748. The van der Waals surface area contributed by atoms with Crippen molar-refractivity contribution in [2.75, 3.05) is 0 Å². The fourth-order valence-corrected chi connectivity index (χ4v) is 3.55. The van der Waals surface area contributed by atoms with Gasteiger partial charge in [-0.1, -0.05) is 71.4 Å². The zero-order valence-corrected chi connectivity index (χ0v) is 16.8. The van der Waals surface area contributed by atoms with Gasteiger partial charge in [-0.05, 0) is 46.6 Å². The van der Waals surface area contributed by atoms with E-state index < -0.39 is 0 Å². The first-order valence-corrected chi connectivity index (χ1v) is 9.53. The third-order valence-electron chi connectivity index (χ3n) is 4.21. The maximum absolute atomic E-state index is 10.8. The largest absolute Gasteiger partial charge is 0.507 e. The lowest BCUT2D eigenvalue weighted by Crippen LogP contribution is -2.17. The average molecular weight is 343 g/mol. The van der Waals surface area contributed by atoms with E-state index in [9.17, 15) is 5.11 Å². The molecule has 0 saturated heterocycles. The van der Waals surface area contributed by atoms with Crippen LogP contribution in [0.1, 0.15) is 63.8 Å². The summed E-state index contributed by atoms with van der Waals surface area (Å²) in [6.45, 7) is 15.1. The van der Waals surface area contributed by atoms with Crippen LogP contribution in [-0.4, -0.2) is 5.11 Å². The fraction of sp³-hybridized carbons (Fsp3) is 0.455. The van der Waals surface area contributed by atoms with Crippen LogP contribution in [0.15, 0.2) is 41.3 Å². The summed E-state index contributed by atoms with van der Waals surface area (Å²) in [7, 11) is 0. The average Bonchev–Trinajstić information content (AvgIpc) is 2.45. The number of hydrogen-bond donors (Lipinski definition) is 1. The van der Waals surface area contributed by atoms with Gasteiger partial charge in [0, 0.05) is 10.6 Å². The molecule has 2 heteroatoms. The van der Waals surface area contributed by atoms with Crippen molar-refractivity contribution in [2.24, 2.45) is 0 Å². The molecule has 1 nitrogen and oxygen atoms in total. The van der Waals surface area contributed by atoms with Crippen molar-refractivity contribution in [3.05, 3.63) is 58.7 Å². The molecule has 0 aliphatic rings. The van der Waals surface area contributed by atoms with Gasteiger partial charge in [0.15, 0.2) is 0 Å². The molecule has 0 atom stereocenters. The number of thioether (sulfide) groups is 1. The van der Waals surface area contributed by atoms with Crippen molar-refractivity contribution in [3.8, 4) is 5.75 Å². The number of aryl methyl sites for hydroxylation is 1. The highest BCUT2D eigenvalue weighted by Gasteiger charge is 2.26. The highest BCUT2D eigenvalue weighted by molar-refractivity contribution is 7.98. The number of phenols is 1. The predicted octanol–water partition coefficient (Wildman–Crippen LogP) is 6.59. The molecular formula is C22H30OS. The van der Waals surface area contributed by atoms with E-state index in [0.29, 0.717) is 5.75 Å². The molecule has 0 amide bonds. The molecular weight excluding hydrogens is 312 g/mol. The Labute approximate surface area is 151 Å². The van der Waals surface area contributed by atoms with Gasteiger partial charge in [0.25, 0.3) is 0 Å². The lowest BCUT2D eigenvalue weighted by atomic mass is 9.78. The lowest BCUT2D eigenvalue weighted by Gasteiger charge is -2.28. The van der Waals surface area contributed by atoms with Crippen molar-refractivity contribution in [1.29, 1.82) is 0 Å². The summed E-state index contributed by atoms with van der Waals surface area (Å²) in [6, 6.07) is 13.0. The Kier molecular flexibility index (Phi) is 5.39. The van der Waals surface area contributed by atoms with Crippen LogP contribution < -0.4 is 0 Å². The summed E-state index contributed by atoms with van der Waals surface area (Å²) >= 11 is 1.85. The van der Waals surface area contributed by atoms with Gasteiger partial charge in [0.1, 0.15) is 5.75 Å². The first kappa shape index (κ1) is 18.9. The van der Waals surface area contributed by atoms with E-state index in [1.165, 1.54) is 16.0 Å². The number of rotatable bonds is 3. The first-order valence-electron chi connectivity index (χ1n) is 8.55. The van der Waals surface area contributed by atoms with Gasteiger partial charge >= 0.3 is 0 Å². The van der Waals surface area contributed by atoms with E-state index in [0.717, 1.165) is 16.9 Å². The van der Waals surface area contributed by atoms with Gasteiger partial charge in [0.2, 0.25) is 0 Å². The Morgan fingerprint density at radius 2 is 1.29 bits per heavy atom. The third kappa shape index (κ3) is 4.57. The van der Waals surface area contributed by atoms with Crippen LogP contribution in [0.2, 0.25) is 0 Å². The molecule has 0 saturated carbocycles. The molecule has 2 aromatic carbocycles. The summed E-state index contributed by atoms with van der Waals surface area (Å²) in [5.74, 6) is 1.37. The molecule has 0 spiro atoms. The van der Waals surface area contributed by atoms with Crippen molar-refractivity contribution < 1.29 is 5.11 Å². The SMILES string of the molecule is Cc1ccc(SCc2cc(C(C)(C)C)c(O)c(C(C)(C)C)c2)cc1. The predicted molar refractivity (Wildman–Crippen MR) is 106 cm³/mol. The van der Waals surface area contributed by atoms with Crippen LogP contribution in [-0.2, 0) is 16.6 Å². The van der Waals surface area contributed by atoms with E-state index in [1.807, 2.05) is 11.8 Å². The van der Waals surface area contributed by atoms with Crippen LogP contribution in [0.25, 0.3) is 0 Å². The van der Waals surface area contributed by atoms with E-state index in [-0.39, 0.29) is 10.8 Å². The zero-order valence-electron chi connectivity index (χ0n) is 16.0. The maximum Gasteiger partial charge on any atom is 0.123 e. The van der Waals surface area contributed by atoms with Crippen molar-refractivity contribution in [3.63, 3.8) is 0 Å². The summed E-state index contributed by atoms with van der Waals surface area (Å²) < 4.78 is 0. The molecule has 24 heavy (non-hydrogen) atoms. The van der Waals surface area contributed by atoms with Gasteiger partial charge in [-0.15, -0.1) is 11.8 Å². The molecule has 1 N–H and O–H groups in total. The zero-order chi connectivity index (χ0) is 18.1. The number of phenolic OH excluding ortho intramolecular Hbond substituents is 1. The van der Waals surface area contributed by atoms with Crippen LogP contribution in [0.4, 0.5) is 0 Å². The minimum Gasteiger partial charge on any atom is -0.507 e. The van der Waals surface area contributed by atoms with Crippen LogP contribution in [0, 0.1) is 6.92 Å². The minimum absolute atomic E-state index is 0.0748. The molecule has 130 valence electrons. The standard InChI is InChI=1S/C22H30OS/c1-15-8-10-17(11-9-15)24-14-16-12-18(21(2,3)4)20(23)19(13-16)22(5,6)7/h8-13,23H,14H2,1-7H3. The second-order valence-corrected chi connectivity index (χ2v) is 9.69. The fourth-order valence-electron chi connectivity index (χ4n) is 2.72. The summed E-state index contributed by atoms with van der Waals surface area (Å²) in [4.78, 5) is 1.28. The number of aromatic hydroxyl groups is 1. The Morgan fingerprint density at radius 3 is 1.71 bits per heavy atom. The number of hydrogen-bond acceptors (Lipinski definition) is 2. The van der Waals surface area contributed by atoms with E-state index >= 15 is 0 Å². The molecule has 0 bridgehead atoms. The van der Waals surface area contributed by atoms with Crippen molar-refractivity contribution in [1.82, 2.24) is 0 Å². The van der Waals surface area contributed by atoms with E-state index in [2.05, 4.69) is 84.9 Å². The summed E-state index contributed by atoms with van der Waals surface area (Å²) in [5, 5.41) is 10.8. The van der Waals surface area contributed by atoms with Crippen LogP contribution in [0.3, 0.4) is 0 Å². The molecule has 2 rings (SSSR count). The first-order chi connectivity index (χ1) is 11.0. The second-order valence-electron chi connectivity index (χ2n) is 8.64. The van der Waals surface area contributed by atoms with Gasteiger partial charge in [-0.2, -0.15) is 0 Å². The smallest absolute Gasteiger partial charge is 0.123 e. The van der Waals surface area contributed by atoms with Crippen LogP contribution in [0.5, 0.6) is 5.75 Å². The topological polar surface area (TPSA) is 20.2 Å². The van der Waals surface area contributed by atoms with Crippen LogP contribution >= 0.6 is 11.8 Å². The molecule has 0 heterocycles. The molecule has 0 aliphatic heterocycles. The van der Waals surface area contributed by atoms with E-state index in [4.69, 9.17) is 0 Å². The molecule has 0 aliphatic carbocycles. The molecule has 0 fully saturated rings. The Hall–Kier alpha value is -1.41. The highest BCUT2D eigenvalue weighted by Crippen LogP contribution is 2.40. The normalized spacial score (nSPS) is 12.5. The second kappa shape index (κ2) is 6.84. The van der Waals surface area contributed by atoms with Gasteiger partial charge in [0.05, 0.1) is 0 Å². The van der Waals surface area contributed by atoms with Crippen molar-refractivity contribution in [2.45, 2.75) is 69.9 Å². The molecule has 0 aromatic heterocycles. The van der Waals surface area contributed by atoms with E-state index in [1.54, 1.807) is 0 Å². The Bertz CT molecular complexity index is 665. The molecule has 0 unspecified atom stereocenters. The number of benzene rings is 2. The summed E-state index contributed by atoms with van der Waals surface area (Å²) in [5.41, 5.74) is 4.48. The van der Waals surface area contributed by atoms with Crippen molar-refractivity contribution >= 4 is 11.8 Å². The van der Waals surface area contributed by atoms with Gasteiger partial charge in [-0.25, -0.2) is 0 Å². The van der Waals surface area contributed by atoms with Gasteiger partial charge < -0.3 is 5.11 Å². The monoisotopic (exact) mass is 342 g/mol. The molecule has 2 aromatic rings. The Morgan fingerprint density at radius 1 is 0.833 bits per heavy atom. The highest BCUT2D eigenvalue weighted by atomic mass is 32.2. The lowest BCUT2D eigenvalue weighted by molar-refractivity contribution is 0.423. The third-order valence-corrected chi connectivity index (χ3v) is 5.30. The quantitative estimate of drug-likeness (QED) is 0.635. The maximum atomic E-state index is 10.8.